The molecule has 1 fully saturated rings. The van der Waals surface area contributed by atoms with E-state index >= 15 is 0 Å². The zero-order chi connectivity index (χ0) is 31.4. The number of nitrogens with one attached hydrogen (secondary N) is 1. The zero-order valence-electron chi connectivity index (χ0n) is 23.6. The summed E-state index contributed by atoms with van der Waals surface area (Å²) >= 11 is 1.40. The molecule has 1 atom stereocenters. The van der Waals surface area contributed by atoms with E-state index in [1.165, 1.54) is 59.2 Å². The van der Waals surface area contributed by atoms with Crippen LogP contribution in [0, 0.1) is 5.82 Å². The van der Waals surface area contributed by atoms with Crippen LogP contribution in [0.5, 0.6) is 5.75 Å². The first kappa shape index (κ1) is 31.0. The van der Waals surface area contributed by atoms with Crippen LogP contribution in [0.15, 0.2) is 78.0 Å². The van der Waals surface area contributed by atoms with Crippen LogP contribution in [0.1, 0.15) is 37.1 Å². The minimum Gasteiger partial charge on any atom is -0.406 e. The Labute approximate surface area is 254 Å². The molecule has 0 radical (unpaired) electrons. The number of amidine groups is 1. The van der Waals surface area contributed by atoms with Crippen molar-refractivity contribution in [2.45, 2.75) is 32.3 Å². The van der Waals surface area contributed by atoms with E-state index in [1.54, 1.807) is 30.3 Å². The second kappa shape index (κ2) is 13.0. The first-order valence-electron chi connectivity index (χ1n) is 13.6. The molecule has 230 valence electrons. The lowest BCUT2D eigenvalue weighted by molar-refractivity contribution is -0.274. The molecule has 1 unspecified atom stereocenters. The van der Waals surface area contributed by atoms with Gasteiger partial charge < -0.3 is 15.0 Å². The molecule has 0 bridgehead atoms. The fraction of sp³-hybridized carbons (Fsp3) is 0.267. The van der Waals surface area contributed by atoms with Crippen molar-refractivity contribution in [3.8, 4) is 22.8 Å². The molecule has 2 amide bonds. The lowest BCUT2D eigenvalue weighted by Crippen LogP contribution is -2.29. The molecule has 8 nitrogen and oxygen atoms in total. The SMILES string of the molecule is CC(C)c1cc(F)ccc1N1CCS/C1=N\C(=O)NCC(F)c1ccc(-c2ncn(-c3ccc(OC(F)(F)F)cc3)n2)cc1. The maximum atomic E-state index is 15.0. The average Bonchev–Trinajstić information content (AvgIpc) is 3.66. The van der Waals surface area contributed by atoms with Crippen molar-refractivity contribution >= 4 is 28.6 Å². The summed E-state index contributed by atoms with van der Waals surface area (Å²) in [7, 11) is 0. The summed E-state index contributed by atoms with van der Waals surface area (Å²) in [6, 6.07) is 15.4. The molecular weight excluding hydrogens is 603 g/mol. The monoisotopic (exact) mass is 630 g/mol. The van der Waals surface area contributed by atoms with Gasteiger partial charge in [-0.3, -0.25) is 0 Å². The van der Waals surface area contributed by atoms with Crippen LogP contribution in [0.4, 0.5) is 32.4 Å². The van der Waals surface area contributed by atoms with E-state index in [0.717, 1.165) is 11.3 Å². The number of rotatable bonds is 8. The minimum absolute atomic E-state index is 0.0639. The number of urea groups is 1. The van der Waals surface area contributed by atoms with E-state index in [0.29, 0.717) is 40.1 Å². The quantitative estimate of drug-likeness (QED) is 0.204. The number of thioether (sulfide) groups is 1. The lowest BCUT2D eigenvalue weighted by atomic mass is 10.0. The Hall–Kier alpha value is -4.46. The maximum absolute atomic E-state index is 15.0. The summed E-state index contributed by atoms with van der Waals surface area (Å²) in [5.41, 5.74) is 2.98. The Morgan fingerprint density at radius 1 is 1.09 bits per heavy atom. The van der Waals surface area contributed by atoms with Gasteiger partial charge in [0.25, 0.3) is 0 Å². The number of benzene rings is 3. The Bertz CT molecular complexity index is 1640. The van der Waals surface area contributed by atoms with Gasteiger partial charge in [-0.25, -0.2) is 23.2 Å². The van der Waals surface area contributed by atoms with Crippen molar-refractivity contribution in [3.63, 3.8) is 0 Å². The van der Waals surface area contributed by atoms with Crippen molar-refractivity contribution in [1.82, 2.24) is 20.1 Å². The highest BCUT2D eigenvalue weighted by Crippen LogP contribution is 2.33. The van der Waals surface area contributed by atoms with E-state index in [2.05, 4.69) is 25.1 Å². The van der Waals surface area contributed by atoms with Crippen LogP contribution in [-0.4, -0.2) is 51.2 Å². The van der Waals surface area contributed by atoms with Crippen LogP contribution < -0.4 is 15.0 Å². The highest BCUT2D eigenvalue weighted by atomic mass is 32.2. The molecule has 0 saturated carbocycles. The minimum atomic E-state index is -4.78. The molecule has 1 saturated heterocycles. The Morgan fingerprint density at radius 3 is 2.50 bits per heavy atom. The van der Waals surface area contributed by atoms with Gasteiger partial charge in [0.05, 0.1) is 12.2 Å². The molecule has 2 heterocycles. The molecular formula is C30H27F5N6O2S. The van der Waals surface area contributed by atoms with Gasteiger partial charge in [-0.05, 0) is 59.5 Å². The summed E-state index contributed by atoms with van der Waals surface area (Å²) in [5.74, 6) is 0.406. The molecule has 5 rings (SSSR count). The maximum Gasteiger partial charge on any atom is 0.573 e. The highest BCUT2D eigenvalue weighted by Gasteiger charge is 2.31. The number of nitrogens with zero attached hydrogens (tertiary/aromatic N) is 5. The number of hydrogen-bond donors (Lipinski definition) is 1. The van der Waals surface area contributed by atoms with E-state index in [4.69, 9.17) is 0 Å². The third kappa shape index (κ3) is 7.54. The number of amides is 2. The first-order chi connectivity index (χ1) is 21.0. The van der Waals surface area contributed by atoms with Gasteiger partial charge in [-0.1, -0.05) is 49.9 Å². The first-order valence-corrected chi connectivity index (χ1v) is 14.5. The van der Waals surface area contributed by atoms with Gasteiger partial charge in [0.2, 0.25) is 0 Å². The fourth-order valence-corrected chi connectivity index (χ4v) is 5.48. The number of alkyl halides is 4. The number of ether oxygens (including phenoxy) is 1. The third-order valence-corrected chi connectivity index (χ3v) is 7.62. The van der Waals surface area contributed by atoms with E-state index < -0.39 is 18.6 Å². The number of carbonyl (C=O) groups excluding carboxylic acids is 1. The molecule has 1 aliphatic heterocycles. The molecule has 44 heavy (non-hydrogen) atoms. The fourth-order valence-electron chi connectivity index (χ4n) is 4.53. The number of aromatic nitrogens is 3. The largest absolute Gasteiger partial charge is 0.573 e. The highest BCUT2D eigenvalue weighted by molar-refractivity contribution is 8.14. The molecule has 3 aromatic carbocycles. The van der Waals surface area contributed by atoms with Gasteiger partial charge in [0.1, 0.15) is 24.1 Å². The van der Waals surface area contributed by atoms with Crippen molar-refractivity contribution in [2.75, 3.05) is 23.7 Å². The number of aliphatic imine (C=N–C) groups is 1. The Kier molecular flexibility index (Phi) is 9.18. The van der Waals surface area contributed by atoms with Gasteiger partial charge >= 0.3 is 12.4 Å². The van der Waals surface area contributed by atoms with Gasteiger partial charge in [0.15, 0.2) is 11.0 Å². The summed E-state index contributed by atoms with van der Waals surface area (Å²) in [6.45, 7) is 4.24. The predicted octanol–water partition coefficient (Wildman–Crippen LogP) is 7.43. The van der Waals surface area contributed by atoms with Crippen LogP contribution in [0.3, 0.4) is 0 Å². The van der Waals surface area contributed by atoms with E-state index in [1.807, 2.05) is 18.7 Å². The standard InChI is InChI=1S/C30H27F5N6O2S/c1-18(2)24-15-21(31)7-12-26(24)40-13-14-44-29(40)38-28(42)36-16-25(32)19-3-5-20(6-4-19)27-37-17-41(39-27)22-8-10-23(11-9-22)43-30(33,34)35/h3-12,15,17-18,25H,13-14,16H2,1-2H3,(H,36,42)/b38-29-. The molecule has 0 aliphatic carbocycles. The second-order valence-electron chi connectivity index (χ2n) is 10.1. The van der Waals surface area contributed by atoms with E-state index in [-0.39, 0.29) is 24.0 Å². The summed E-state index contributed by atoms with van der Waals surface area (Å²) < 4.78 is 71.3. The van der Waals surface area contributed by atoms with Gasteiger partial charge in [-0.15, -0.1) is 18.3 Å². The second-order valence-corrected chi connectivity index (χ2v) is 11.1. The van der Waals surface area contributed by atoms with Crippen molar-refractivity contribution in [2.24, 2.45) is 4.99 Å². The smallest absolute Gasteiger partial charge is 0.406 e. The number of hydrogen-bond acceptors (Lipinski definition) is 5. The number of halogens is 5. The predicted molar refractivity (Wildman–Crippen MR) is 158 cm³/mol. The molecule has 14 heteroatoms. The molecule has 1 aromatic heterocycles. The van der Waals surface area contributed by atoms with E-state index in [9.17, 15) is 26.7 Å². The van der Waals surface area contributed by atoms with Crippen LogP contribution in [-0.2, 0) is 0 Å². The van der Waals surface area contributed by atoms with Gasteiger partial charge in [0, 0.05) is 23.5 Å². The third-order valence-electron chi connectivity index (χ3n) is 6.67. The topological polar surface area (TPSA) is 84.6 Å². The Balaban J connectivity index is 1.18. The van der Waals surface area contributed by atoms with Crippen molar-refractivity contribution in [3.05, 3.63) is 90.0 Å². The Morgan fingerprint density at radius 2 is 1.82 bits per heavy atom. The van der Waals surface area contributed by atoms with Crippen LogP contribution >= 0.6 is 11.8 Å². The molecule has 4 aromatic rings. The van der Waals surface area contributed by atoms with Gasteiger partial charge in [-0.2, -0.15) is 4.99 Å². The summed E-state index contributed by atoms with van der Waals surface area (Å²) in [5, 5.41) is 7.31. The van der Waals surface area contributed by atoms with Crippen LogP contribution in [0.25, 0.3) is 17.1 Å². The normalized spacial score (nSPS) is 15.2. The molecule has 1 aliphatic rings. The number of anilines is 1. The lowest BCUT2D eigenvalue weighted by Gasteiger charge is -2.23. The number of carbonyl (C=O) groups is 1. The van der Waals surface area contributed by atoms with Crippen molar-refractivity contribution < 1.29 is 31.5 Å². The molecule has 0 spiro atoms. The average molecular weight is 631 g/mol. The zero-order valence-corrected chi connectivity index (χ0v) is 24.4. The summed E-state index contributed by atoms with van der Waals surface area (Å²) in [4.78, 5) is 22.8. The van der Waals surface area contributed by atoms with Crippen molar-refractivity contribution in [1.29, 1.82) is 0 Å². The summed E-state index contributed by atoms with van der Waals surface area (Å²) in [6.07, 6.45) is -4.89. The van der Waals surface area contributed by atoms with Crippen LogP contribution in [0.2, 0.25) is 0 Å². The molecule has 1 N–H and O–H groups in total.